The Morgan fingerprint density at radius 2 is 2.50 bits per heavy atom. The Kier molecular flexibility index (Phi) is 3.65. The van der Waals surface area contributed by atoms with E-state index in [1.165, 1.54) is 23.0 Å². The second-order valence-corrected chi connectivity index (χ2v) is 5.89. The Morgan fingerprint density at radius 1 is 1.64 bits per heavy atom. The largest absolute Gasteiger partial charge is 0.293 e. The van der Waals surface area contributed by atoms with Gasteiger partial charge in [-0.3, -0.25) is 4.90 Å². The molecule has 0 N–H and O–H groups in total. The van der Waals surface area contributed by atoms with Gasteiger partial charge in [0.1, 0.15) is 10.0 Å². The van der Waals surface area contributed by atoms with Crippen molar-refractivity contribution in [2.24, 2.45) is 0 Å². The molecule has 1 aliphatic rings. The topological polar surface area (TPSA) is 29.0 Å². The number of aromatic nitrogens is 2. The predicted octanol–water partition coefficient (Wildman–Crippen LogP) is 2.13. The molecule has 1 unspecified atom stereocenters. The maximum absolute atomic E-state index is 5.97. The zero-order valence-corrected chi connectivity index (χ0v) is 10.3. The molecule has 0 spiro atoms. The van der Waals surface area contributed by atoms with Crippen LogP contribution in [0.1, 0.15) is 12.6 Å². The Bertz CT molecular complexity index is 305. The molecule has 1 saturated heterocycles. The first-order valence-corrected chi connectivity index (χ1v) is 6.86. The first kappa shape index (κ1) is 10.7. The van der Waals surface area contributed by atoms with Crippen molar-refractivity contribution >= 4 is 34.9 Å². The third kappa shape index (κ3) is 2.39. The summed E-state index contributed by atoms with van der Waals surface area (Å²) in [6.07, 6.45) is 0. The van der Waals surface area contributed by atoms with Gasteiger partial charge in [0.05, 0.1) is 0 Å². The van der Waals surface area contributed by atoms with E-state index in [9.17, 15) is 0 Å². The molecule has 1 aromatic rings. The van der Waals surface area contributed by atoms with Gasteiger partial charge in [0.2, 0.25) is 0 Å². The number of thioether (sulfide) groups is 1. The van der Waals surface area contributed by atoms with Gasteiger partial charge in [-0.2, -0.15) is 11.8 Å². The molecule has 1 fully saturated rings. The minimum Gasteiger partial charge on any atom is -0.293 e. The summed E-state index contributed by atoms with van der Waals surface area (Å²) >= 11 is 9.25. The van der Waals surface area contributed by atoms with Crippen LogP contribution >= 0.6 is 34.9 Å². The van der Waals surface area contributed by atoms with Crippen LogP contribution in [-0.4, -0.2) is 38.6 Å². The summed E-state index contributed by atoms with van der Waals surface area (Å²) in [5.74, 6) is 2.41. The van der Waals surface area contributed by atoms with Gasteiger partial charge in [-0.05, 0) is 6.92 Å². The molecule has 1 aromatic heterocycles. The molecule has 3 nitrogen and oxygen atoms in total. The quantitative estimate of drug-likeness (QED) is 0.803. The molecule has 0 bridgehead atoms. The summed E-state index contributed by atoms with van der Waals surface area (Å²) in [5.41, 5.74) is 0.926. The van der Waals surface area contributed by atoms with Crippen molar-refractivity contribution in [2.75, 3.05) is 18.1 Å². The lowest BCUT2D eigenvalue weighted by atomic mass is 10.3. The summed E-state index contributed by atoms with van der Waals surface area (Å²) in [6, 6.07) is 0.617. The van der Waals surface area contributed by atoms with Crippen LogP contribution in [0.15, 0.2) is 0 Å². The minimum atomic E-state index is 0.617. The highest BCUT2D eigenvalue weighted by Gasteiger charge is 2.20. The lowest BCUT2D eigenvalue weighted by molar-refractivity contribution is 0.221. The molecule has 14 heavy (non-hydrogen) atoms. The molecule has 78 valence electrons. The van der Waals surface area contributed by atoms with Crippen LogP contribution in [0.25, 0.3) is 0 Å². The summed E-state index contributed by atoms with van der Waals surface area (Å²) in [6.45, 7) is 4.22. The normalized spacial score (nSPS) is 24.0. The van der Waals surface area contributed by atoms with Crippen LogP contribution in [0.3, 0.4) is 0 Å². The van der Waals surface area contributed by atoms with Crippen molar-refractivity contribution in [1.29, 1.82) is 0 Å². The molecule has 0 saturated carbocycles. The average molecular weight is 250 g/mol. The maximum atomic E-state index is 5.97. The summed E-state index contributed by atoms with van der Waals surface area (Å²) < 4.78 is 4.57. The van der Waals surface area contributed by atoms with E-state index in [4.69, 9.17) is 11.6 Å². The highest BCUT2D eigenvalue weighted by molar-refractivity contribution is 7.99. The number of hydrogen-bond donors (Lipinski definition) is 0. The van der Waals surface area contributed by atoms with Crippen LogP contribution in [0, 0.1) is 0 Å². The SMILES string of the molecule is CC1CSCCN1Cc1nnsc1Cl. The van der Waals surface area contributed by atoms with Gasteiger partial charge in [-0.1, -0.05) is 16.1 Å². The van der Waals surface area contributed by atoms with E-state index in [0.29, 0.717) is 6.04 Å². The zero-order valence-electron chi connectivity index (χ0n) is 7.94. The second-order valence-electron chi connectivity index (χ2n) is 3.39. The lowest BCUT2D eigenvalue weighted by Gasteiger charge is -2.32. The Morgan fingerprint density at radius 3 is 3.14 bits per heavy atom. The predicted molar refractivity (Wildman–Crippen MR) is 62.1 cm³/mol. The lowest BCUT2D eigenvalue weighted by Crippen LogP contribution is -2.39. The average Bonchev–Trinajstić information content (AvgIpc) is 2.56. The van der Waals surface area contributed by atoms with Gasteiger partial charge in [0.15, 0.2) is 0 Å². The fourth-order valence-electron chi connectivity index (χ4n) is 1.48. The van der Waals surface area contributed by atoms with E-state index in [-0.39, 0.29) is 0 Å². The standard InChI is InChI=1S/C8H12ClN3S2/c1-6-5-13-3-2-12(6)4-7-8(9)14-11-10-7/h6H,2-5H2,1H3. The van der Waals surface area contributed by atoms with Gasteiger partial charge < -0.3 is 0 Å². The van der Waals surface area contributed by atoms with Gasteiger partial charge in [0.25, 0.3) is 0 Å². The van der Waals surface area contributed by atoms with Crippen molar-refractivity contribution < 1.29 is 0 Å². The molecule has 1 atom stereocenters. The summed E-state index contributed by atoms with van der Waals surface area (Å²) in [4.78, 5) is 2.42. The fraction of sp³-hybridized carbons (Fsp3) is 0.750. The van der Waals surface area contributed by atoms with Gasteiger partial charge in [-0.25, -0.2) is 0 Å². The Labute approximate surface area is 97.0 Å². The van der Waals surface area contributed by atoms with Crippen LogP contribution in [0.5, 0.6) is 0 Å². The van der Waals surface area contributed by atoms with Gasteiger partial charge >= 0.3 is 0 Å². The van der Waals surface area contributed by atoms with Crippen LogP contribution < -0.4 is 0 Å². The third-order valence-corrected chi connectivity index (χ3v) is 4.54. The first-order valence-electron chi connectivity index (χ1n) is 4.56. The third-order valence-electron chi connectivity index (χ3n) is 2.37. The fourth-order valence-corrected chi connectivity index (χ4v) is 3.17. The minimum absolute atomic E-state index is 0.617. The molecule has 0 radical (unpaired) electrons. The molecule has 0 aliphatic carbocycles. The number of hydrogen-bond acceptors (Lipinski definition) is 5. The highest BCUT2D eigenvalue weighted by atomic mass is 35.5. The molecular formula is C8H12ClN3S2. The molecule has 6 heteroatoms. The van der Waals surface area contributed by atoms with Crippen molar-refractivity contribution in [2.45, 2.75) is 19.5 Å². The molecule has 0 amide bonds. The van der Waals surface area contributed by atoms with Crippen LogP contribution in [-0.2, 0) is 6.54 Å². The van der Waals surface area contributed by atoms with E-state index in [2.05, 4.69) is 21.4 Å². The molecule has 2 rings (SSSR count). The molecule has 0 aromatic carbocycles. The van der Waals surface area contributed by atoms with Crippen molar-refractivity contribution in [1.82, 2.24) is 14.5 Å². The molecule has 2 heterocycles. The second kappa shape index (κ2) is 4.79. The first-order chi connectivity index (χ1) is 6.77. The molecular weight excluding hydrogens is 238 g/mol. The zero-order chi connectivity index (χ0) is 9.97. The summed E-state index contributed by atoms with van der Waals surface area (Å²) in [5, 5.41) is 4.03. The number of rotatable bonds is 2. The Balaban J connectivity index is 1.99. The summed E-state index contributed by atoms with van der Waals surface area (Å²) in [7, 11) is 0. The highest BCUT2D eigenvalue weighted by Crippen LogP contribution is 2.22. The van der Waals surface area contributed by atoms with Crippen molar-refractivity contribution in [3.8, 4) is 0 Å². The number of halogens is 1. The van der Waals surface area contributed by atoms with Gasteiger partial charge in [-0.15, -0.1) is 5.10 Å². The Hall–Kier alpha value is 0.160. The maximum Gasteiger partial charge on any atom is 0.138 e. The van der Waals surface area contributed by atoms with E-state index >= 15 is 0 Å². The van der Waals surface area contributed by atoms with E-state index in [1.54, 1.807) is 0 Å². The number of nitrogens with zero attached hydrogens (tertiary/aromatic N) is 3. The van der Waals surface area contributed by atoms with Crippen LogP contribution in [0.4, 0.5) is 0 Å². The van der Waals surface area contributed by atoms with E-state index in [0.717, 1.165) is 23.1 Å². The van der Waals surface area contributed by atoms with E-state index < -0.39 is 0 Å². The van der Waals surface area contributed by atoms with Crippen molar-refractivity contribution in [3.05, 3.63) is 10.0 Å². The van der Waals surface area contributed by atoms with Gasteiger partial charge in [0, 0.05) is 42.2 Å². The van der Waals surface area contributed by atoms with Crippen molar-refractivity contribution in [3.63, 3.8) is 0 Å². The monoisotopic (exact) mass is 249 g/mol. The smallest absolute Gasteiger partial charge is 0.138 e. The molecule has 1 aliphatic heterocycles. The van der Waals surface area contributed by atoms with Crippen LogP contribution in [0.2, 0.25) is 4.34 Å². The van der Waals surface area contributed by atoms with E-state index in [1.807, 2.05) is 11.8 Å².